The van der Waals surface area contributed by atoms with E-state index in [1.807, 2.05) is 6.08 Å². The van der Waals surface area contributed by atoms with Gasteiger partial charge in [0.05, 0.1) is 0 Å². The van der Waals surface area contributed by atoms with Gasteiger partial charge in [-0.1, -0.05) is 26.3 Å². The molecule has 0 saturated heterocycles. The normalized spacial score (nSPS) is 48.8. The van der Waals surface area contributed by atoms with Crippen LogP contribution in [0.2, 0.25) is 0 Å². The van der Waals surface area contributed by atoms with Gasteiger partial charge in [0, 0.05) is 12.3 Å². The van der Waals surface area contributed by atoms with E-state index in [0.717, 1.165) is 37.0 Å². The van der Waals surface area contributed by atoms with E-state index in [9.17, 15) is 9.59 Å². The van der Waals surface area contributed by atoms with Crippen LogP contribution in [0.15, 0.2) is 11.6 Å². The van der Waals surface area contributed by atoms with Gasteiger partial charge in [-0.3, -0.25) is 4.79 Å². The van der Waals surface area contributed by atoms with Gasteiger partial charge in [-0.25, -0.2) is 0 Å². The lowest BCUT2D eigenvalue weighted by molar-refractivity contribution is -0.118. The Bertz CT molecular complexity index is 591. The van der Waals surface area contributed by atoms with Gasteiger partial charge in [-0.15, -0.1) is 0 Å². The molecular weight excluding hydrogens is 296 g/mol. The third kappa shape index (κ3) is 2.14. The Labute approximate surface area is 146 Å². The molecule has 24 heavy (non-hydrogen) atoms. The standard InChI is InChI=1S/C22H32O2/c1-14(13-23)18-6-7-19-17-5-4-15-12-16(24)8-10-21(15,2)20(17)9-11-22(18,19)3/h12-14,17-20H,4-11H2,1-3H3/t14-,17-,18+,19-,20-,21+,22+/m1/s1. The van der Waals surface area contributed by atoms with E-state index in [-0.39, 0.29) is 11.3 Å². The van der Waals surface area contributed by atoms with E-state index in [1.165, 1.54) is 44.0 Å². The SMILES string of the molecule is C[C@H](C=O)[C@@H]1CC[C@@H]2[C@H]3CCC4=CC(=O)CC[C@]4(C)[C@@H]3CC[C@]21C. The fourth-order valence-corrected chi connectivity index (χ4v) is 7.56. The summed E-state index contributed by atoms with van der Waals surface area (Å²) in [7, 11) is 0. The van der Waals surface area contributed by atoms with Crippen molar-refractivity contribution in [3.8, 4) is 0 Å². The summed E-state index contributed by atoms with van der Waals surface area (Å²) in [6, 6.07) is 0. The van der Waals surface area contributed by atoms with Crippen LogP contribution >= 0.6 is 0 Å². The molecule has 4 aliphatic rings. The quantitative estimate of drug-likeness (QED) is 0.671. The first-order valence-corrected chi connectivity index (χ1v) is 10.1. The van der Waals surface area contributed by atoms with E-state index < -0.39 is 0 Å². The number of fused-ring (bicyclic) bond motifs is 5. The maximum atomic E-state index is 11.9. The smallest absolute Gasteiger partial charge is 0.155 e. The fraction of sp³-hybridized carbons (Fsp3) is 0.818. The van der Waals surface area contributed by atoms with Gasteiger partial charge in [0.2, 0.25) is 0 Å². The van der Waals surface area contributed by atoms with Gasteiger partial charge in [0.25, 0.3) is 0 Å². The highest BCUT2D eigenvalue weighted by molar-refractivity contribution is 5.91. The van der Waals surface area contributed by atoms with Crippen molar-refractivity contribution in [3.63, 3.8) is 0 Å². The van der Waals surface area contributed by atoms with Crippen LogP contribution in [-0.2, 0) is 9.59 Å². The first-order chi connectivity index (χ1) is 11.4. The number of carbonyl (C=O) groups is 2. The molecule has 0 aliphatic heterocycles. The third-order valence-corrected chi connectivity index (χ3v) is 8.88. The lowest BCUT2D eigenvalue weighted by Gasteiger charge is -2.58. The lowest BCUT2D eigenvalue weighted by atomic mass is 9.46. The first kappa shape index (κ1) is 16.5. The van der Waals surface area contributed by atoms with Crippen LogP contribution in [0.1, 0.15) is 72.1 Å². The summed E-state index contributed by atoms with van der Waals surface area (Å²) in [5.74, 6) is 3.50. The fourth-order valence-electron chi connectivity index (χ4n) is 7.56. The molecule has 4 rings (SSSR count). The van der Waals surface area contributed by atoms with Crippen LogP contribution in [0.25, 0.3) is 0 Å². The monoisotopic (exact) mass is 328 g/mol. The minimum atomic E-state index is 0.207. The van der Waals surface area contributed by atoms with E-state index in [4.69, 9.17) is 0 Å². The van der Waals surface area contributed by atoms with Crippen LogP contribution in [-0.4, -0.2) is 12.1 Å². The summed E-state index contributed by atoms with van der Waals surface area (Å²) in [6.45, 7) is 7.07. The summed E-state index contributed by atoms with van der Waals surface area (Å²) >= 11 is 0. The topological polar surface area (TPSA) is 34.1 Å². The zero-order chi connectivity index (χ0) is 17.1. The molecule has 3 fully saturated rings. The molecule has 0 bridgehead atoms. The molecule has 3 saturated carbocycles. The van der Waals surface area contributed by atoms with E-state index in [0.29, 0.717) is 17.1 Å². The number of carbonyl (C=O) groups excluding carboxylic acids is 2. The summed E-state index contributed by atoms with van der Waals surface area (Å²) < 4.78 is 0. The lowest BCUT2D eigenvalue weighted by Crippen LogP contribution is -2.51. The average Bonchev–Trinajstić information content (AvgIpc) is 2.92. The summed E-state index contributed by atoms with van der Waals surface area (Å²) in [6.07, 6.45) is 12.5. The number of ketones is 1. The molecule has 132 valence electrons. The van der Waals surface area contributed by atoms with Crippen LogP contribution in [0.3, 0.4) is 0 Å². The third-order valence-electron chi connectivity index (χ3n) is 8.88. The van der Waals surface area contributed by atoms with Crippen molar-refractivity contribution in [2.24, 2.45) is 40.4 Å². The molecule has 4 aliphatic carbocycles. The van der Waals surface area contributed by atoms with Gasteiger partial charge < -0.3 is 4.79 Å². The highest BCUT2D eigenvalue weighted by Gasteiger charge is 2.59. The Kier molecular flexibility index (Phi) is 3.82. The Morgan fingerprint density at radius 3 is 2.62 bits per heavy atom. The number of hydrogen-bond acceptors (Lipinski definition) is 2. The second kappa shape index (κ2) is 5.54. The molecule has 7 atom stereocenters. The van der Waals surface area contributed by atoms with Gasteiger partial charge in [0.1, 0.15) is 6.29 Å². The Morgan fingerprint density at radius 1 is 1.08 bits per heavy atom. The highest BCUT2D eigenvalue weighted by atomic mass is 16.1. The zero-order valence-electron chi connectivity index (χ0n) is 15.5. The average molecular weight is 328 g/mol. The molecule has 0 amide bonds. The molecule has 2 heteroatoms. The maximum absolute atomic E-state index is 11.9. The highest BCUT2D eigenvalue weighted by Crippen LogP contribution is 2.67. The summed E-state index contributed by atoms with van der Waals surface area (Å²) in [4.78, 5) is 23.3. The van der Waals surface area contributed by atoms with Crippen molar-refractivity contribution in [1.29, 1.82) is 0 Å². The number of rotatable bonds is 2. The number of aldehydes is 1. The van der Waals surface area contributed by atoms with E-state index in [1.54, 1.807) is 0 Å². The molecule has 0 radical (unpaired) electrons. The minimum absolute atomic E-state index is 0.207. The second-order valence-corrected chi connectivity index (χ2v) is 9.69. The van der Waals surface area contributed by atoms with Crippen LogP contribution in [0.5, 0.6) is 0 Å². The summed E-state index contributed by atoms with van der Waals surface area (Å²) in [5, 5.41) is 0. The van der Waals surface area contributed by atoms with Crippen molar-refractivity contribution in [2.45, 2.75) is 72.1 Å². The predicted molar refractivity (Wildman–Crippen MR) is 95.4 cm³/mol. The first-order valence-electron chi connectivity index (χ1n) is 10.1. The van der Waals surface area contributed by atoms with Crippen LogP contribution in [0.4, 0.5) is 0 Å². The van der Waals surface area contributed by atoms with E-state index in [2.05, 4.69) is 20.8 Å². The van der Waals surface area contributed by atoms with Gasteiger partial charge in [-0.05, 0) is 85.5 Å². The van der Waals surface area contributed by atoms with Gasteiger partial charge in [0.15, 0.2) is 5.78 Å². The predicted octanol–water partition coefficient (Wildman–Crippen LogP) is 4.97. The molecule has 2 nitrogen and oxygen atoms in total. The Hall–Kier alpha value is -0.920. The molecule has 0 spiro atoms. The minimum Gasteiger partial charge on any atom is -0.303 e. The molecule has 0 aromatic heterocycles. The molecule has 0 aromatic carbocycles. The number of hydrogen-bond donors (Lipinski definition) is 0. The van der Waals surface area contributed by atoms with Crippen LogP contribution in [0, 0.1) is 40.4 Å². The Balaban J connectivity index is 1.65. The van der Waals surface area contributed by atoms with Gasteiger partial charge >= 0.3 is 0 Å². The maximum Gasteiger partial charge on any atom is 0.155 e. The Morgan fingerprint density at radius 2 is 1.88 bits per heavy atom. The largest absolute Gasteiger partial charge is 0.303 e. The van der Waals surface area contributed by atoms with Crippen molar-refractivity contribution >= 4 is 12.1 Å². The zero-order valence-corrected chi connectivity index (χ0v) is 15.5. The van der Waals surface area contributed by atoms with Gasteiger partial charge in [-0.2, -0.15) is 0 Å². The molecule has 0 N–H and O–H groups in total. The molecule has 0 heterocycles. The molecular formula is C22H32O2. The molecule has 0 aromatic rings. The van der Waals surface area contributed by atoms with Crippen molar-refractivity contribution in [2.75, 3.05) is 0 Å². The van der Waals surface area contributed by atoms with E-state index >= 15 is 0 Å². The van der Waals surface area contributed by atoms with Crippen LogP contribution < -0.4 is 0 Å². The second-order valence-electron chi connectivity index (χ2n) is 9.69. The summed E-state index contributed by atoms with van der Waals surface area (Å²) in [5.41, 5.74) is 2.09. The van der Waals surface area contributed by atoms with Crippen molar-refractivity contribution in [1.82, 2.24) is 0 Å². The van der Waals surface area contributed by atoms with Crippen molar-refractivity contribution < 1.29 is 9.59 Å². The number of allylic oxidation sites excluding steroid dienone is 1. The van der Waals surface area contributed by atoms with Crippen molar-refractivity contribution in [3.05, 3.63) is 11.6 Å². The molecule has 0 unspecified atom stereocenters.